The number of halogens is 1. The van der Waals surface area contributed by atoms with Gasteiger partial charge in [0.1, 0.15) is 0 Å². The van der Waals surface area contributed by atoms with Gasteiger partial charge in [-0.2, -0.15) is 0 Å². The van der Waals surface area contributed by atoms with Gasteiger partial charge >= 0.3 is 0 Å². The summed E-state index contributed by atoms with van der Waals surface area (Å²) < 4.78 is 0. The van der Waals surface area contributed by atoms with Gasteiger partial charge < -0.3 is 0 Å². The summed E-state index contributed by atoms with van der Waals surface area (Å²) in [6.07, 6.45) is 0.808. The number of alkyl halides is 1. The lowest BCUT2D eigenvalue weighted by molar-refractivity contribution is -0.384. The van der Waals surface area contributed by atoms with Gasteiger partial charge in [0.05, 0.1) is 4.92 Å². The van der Waals surface area contributed by atoms with Crippen LogP contribution in [0.15, 0.2) is 42.5 Å². The molecule has 0 heterocycles. The minimum absolute atomic E-state index is 0.131. The number of non-ortho nitro benzene ring substituents is 1. The molecule has 2 rings (SSSR count). The highest BCUT2D eigenvalue weighted by Gasteiger charge is 2.13. The van der Waals surface area contributed by atoms with Crippen molar-refractivity contribution in [2.75, 3.05) is 0 Å². The highest BCUT2D eigenvalue weighted by molar-refractivity contribution is 9.09. The third kappa shape index (κ3) is 3.25. The number of hydrogen-bond donors (Lipinski definition) is 0. The monoisotopic (exact) mass is 333 g/mol. The molecule has 0 saturated carbocycles. The molecule has 0 fully saturated rings. The number of nitro groups is 1. The molecule has 0 aliphatic rings. The van der Waals surface area contributed by atoms with E-state index in [1.54, 1.807) is 12.1 Å². The average molecular weight is 334 g/mol. The molecule has 0 aromatic heterocycles. The van der Waals surface area contributed by atoms with Crippen molar-refractivity contribution in [1.82, 2.24) is 0 Å². The molecule has 2 aromatic rings. The number of aryl methyl sites for hydroxylation is 1. The van der Waals surface area contributed by atoms with Gasteiger partial charge in [-0.05, 0) is 42.5 Å². The maximum atomic E-state index is 10.6. The predicted molar refractivity (Wildman–Crippen MR) is 84.4 cm³/mol. The van der Waals surface area contributed by atoms with Crippen LogP contribution >= 0.6 is 15.9 Å². The molecule has 1 unspecified atom stereocenters. The number of nitro benzene ring substituents is 1. The summed E-state index contributed by atoms with van der Waals surface area (Å²) >= 11 is 3.72. The summed E-state index contributed by atoms with van der Waals surface area (Å²) in [7, 11) is 0. The van der Waals surface area contributed by atoms with E-state index in [1.165, 1.54) is 16.7 Å². The minimum Gasteiger partial charge on any atom is -0.258 e. The van der Waals surface area contributed by atoms with Crippen molar-refractivity contribution in [2.45, 2.75) is 25.1 Å². The Balaban J connectivity index is 2.17. The van der Waals surface area contributed by atoms with Gasteiger partial charge in [0, 0.05) is 17.0 Å². The Morgan fingerprint density at radius 1 is 1.15 bits per heavy atom. The first-order valence-electron chi connectivity index (χ1n) is 6.42. The van der Waals surface area contributed by atoms with Crippen molar-refractivity contribution in [2.24, 2.45) is 0 Å². The summed E-state index contributed by atoms with van der Waals surface area (Å²) in [4.78, 5) is 10.5. The van der Waals surface area contributed by atoms with Gasteiger partial charge in [-0.1, -0.05) is 46.3 Å². The van der Waals surface area contributed by atoms with Crippen LogP contribution in [-0.2, 0) is 6.42 Å². The van der Waals surface area contributed by atoms with Crippen molar-refractivity contribution >= 4 is 21.6 Å². The van der Waals surface area contributed by atoms with E-state index in [4.69, 9.17) is 0 Å². The fourth-order valence-electron chi connectivity index (χ4n) is 2.18. The highest BCUT2D eigenvalue weighted by Crippen LogP contribution is 2.31. The van der Waals surface area contributed by atoms with E-state index in [2.05, 4.69) is 48.0 Å². The van der Waals surface area contributed by atoms with E-state index in [9.17, 15) is 10.1 Å². The first kappa shape index (κ1) is 14.7. The lowest BCUT2D eigenvalue weighted by Crippen LogP contribution is -1.99. The Bertz CT molecular complexity index is 623. The second-order valence-corrected chi connectivity index (χ2v) is 5.99. The fraction of sp³-hybridized carbons (Fsp3) is 0.250. The predicted octanol–water partition coefficient (Wildman–Crippen LogP) is 4.89. The Kier molecular flexibility index (Phi) is 4.55. The number of hydrogen-bond acceptors (Lipinski definition) is 2. The number of rotatable bonds is 4. The first-order valence-corrected chi connectivity index (χ1v) is 7.34. The third-order valence-corrected chi connectivity index (χ3v) is 4.36. The maximum absolute atomic E-state index is 10.6. The number of nitrogens with zero attached hydrogens (tertiary/aromatic N) is 1. The fourth-order valence-corrected chi connectivity index (χ4v) is 3.05. The van der Waals surface area contributed by atoms with Crippen LogP contribution in [0.2, 0.25) is 0 Å². The summed E-state index contributed by atoms with van der Waals surface area (Å²) in [6, 6.07) is 13.0. The van der Waals surface area contributed by atoms with E-state index >= 15 is 0 Å². The van der Waals surface area contributed by atoms with E-state index in [-0.39, 0.29) is 15.4 Å². The largest absolute Gasteiger partial charge is 0.269 e. The third-order valence-electron chi connectivity index (χ3n) is 3.55. The van der Waals surface area contributed by atoms with E-state index in [0.717, 1.165) is 12.0 Å². The molecule has 3 nitrogen and oxygen atoms in total. The van der Waals surface area contributed by atoms with Crippen LogP contribution in [0.3, 0.4) is 0 Å². The summed E-state index contributed by atoms with van der Waals surface area (Å²) in [5.74, 6) is 0. The summed E-state index contributed by atoms with van der Waals surface area (Å²) in [6.45, 7) is 4.22. The Labute approximate surface area is 126 Å². The Hall–Kier alpha value is -1.68. The zero-order chi connectivity index (χ0) is 14.7. The van der Waals surface area contributed by atoms with Crippen LogP contribution in [0.4, 0.5) is 5.69 Å². The molecular weight excluding hydrogens is 318 g/mol. The van der Waals surface area contributed by atoms with Crippen molar-refractivity contribution in [3.05, 3.63) is 74.8 Å². The molecule has 0 saturated heterocycles. The molecule has 20 heavy (non-hydrogen) atoms. The topological polar surface area (TPSA) is 43.1 Å². The minimum atomic E-state index is -0.375. The molecule has 0 bridgehead atoms. The van der Waals surface area contributed by atoms with Gasteiger partial charge in [0.25, 0.3) is 5.69 Å². The number of benzene rings is 2. The van der Waals surface area contributed by atoms with Crippen LogP contribution in [0, 0.1) is 24.0 Å². The van der Waals surface area contributed by atoms with Crippen LogP contribution in [0.5, 0.6) is 0 Å². The van der Waals surface area contributed by atoms with Gasteiger partial charge in [-0.3, -0.25) is 10.1 Å². The summed E-state index contributed by atoms with van der Waals surface area (Å²) in [5, 5.41) is 10.6. The van der Waals surface area contributed by atoms with Gasteiger partial charge in [0.15, 0.2) is 0 Å². The first-order chi connectivity index (χ1) is 9.49. The average Bonchev–Trinajstić information content (AvgIpc) is 2.42. The maximum Gasteiger partial charge on any atom is 0.269 e. The SMILES string of the molecule is Cc1cccc(C(Br)Cc2ccc([N+](=O)[O-])cc2)c1C. The lowest BCUT2D eigenvalue weighted by Gasteiger charge is -2.14. The molecule has 104 valence electrons. The molecule has 0 N–H and O–H groups in total. The molecule has 2 aromatic carbocycles. The zero-order valence-electron chi connectivity index (χ0n) is 11.5. The Morgan fingerprint density at radius 2 is 1.80 bits per heavy atom. The lowest BCUT2D eigenvalue weighted by atomic mass is 9.97. The molecule has 0 spiro atoms. The molecule has 0 amide bonds. The van der Waals surface area contributed by atoms with Crippen LogP contribution in [0.25, 0.3) is 0 Å². The smallest absolute Gasteiger partial charge is 0.258 e. The second kappa shape index (κ2) is 6.18. The molecular formula is C16H16BrNO2. The van der Waals surface area contributed by atoms with Gasteiger partial charge in [0.2, 0.25) is 0 Å². The van der Waals surface area contributed by atoms with Gasteiger partial charge in [-0.15, -0.1) is 0 Å². The van der Waals surface area contributed by atoms with Crippen molar-refractivity contribution < 1.29 is 4.92 Å². The zero-order valence-corrected chi connectivity index (χ0v) is 13.1. The van der Waals surface area contributed by atoms with E-state index in [0.29, 0.717) is 0 Å². The van der Waals surface area contributed by atoms with Crippen molar-refractivity contribution in [3.63, 3.8) is 0 Å². The van der Waals surface area contributed by atoms with E-state index in [1.807, 2.05) is 12.1 Å². The normalized spacial score (nSPS) is 12.2. The Morgan fingerprint density at radius 3 is 2.40 bits per heavy atom. The summed E-state index contributed by atoms with van der Waals surface area (Å²) in [5.41, 5.74) is 5.04. The van der Waals surface area contributed by atoms with Crippen LogP contribution < -0.4 is 0 Å². The second-order valence-electron chi connectivity index (χ2n) is 4.88. The van der Waals surface area contributed by atoms with E-state index < -0.39 is 0 Å². The highest BCUT2D eigenvalue weighted by atomic mass is 79.9. The molecule has 4 heteroatoms. The molecule has 0 aliphatic heterocycles. The molecule has 0 aliphatic carbocycles. The quantitative estimate of drug-likeness (QED) is 0.454. The standard InChI is InChI=1S/C16H16BrNO2/c1-11-4-3-5-15(12(11)2)16(17)10-13-6-8-14(9-7-13)18(19)20/h3-9,16H,10H2,1-2H3. The van der Waals surface area contributed by atoms with Crippen molar-refractivity contribution in [3.8, 4) is 0 Å². The molecule has 0 radical (unpaired) electrons. The van der Waals surface area contributed by atoms with Crippen LogP contribution in [0.1, 0.15) is 27.1 Å². The molecule has 1 atom stereocenters. The van der Waals surface area contributed by atoms with Gasteiger partial charge in [-0.25, -0.2) is 0 Å². The van der Waals surface area contributed by atoms with Crippen LogP contribution in [-0.4, -0.2) is 4.92 Å². The van der Waals surface area contributed by atoms with Crippen molar-refractivity contribution in [1.29, 1.82) is 0 Å².